The predicted molar refractivity (Wildman–Crippen MR) is 111 cm³/mol. The second kappa shape index (κ2) is 11.0. The van der Waals surface area contributed by atoms with Crippen molar-refractivity contribution in [1.29, 1.82) is 0 Å². The van der Waals surface area contributed by atoms with E-state index in [-0.39, 0.29) is 24.0 Å². The molecule has 1 atom stereocenters. The number of nitrogens with two attached hydrogens (primary N) is 1. The van der Waals surface area contributed by atoms with Crippen LogP contribution in [0.3, 0.4) is 0 Å². The highest BCUT2D eigenvalue weighted by Crippen LogP contribution is 2.11. The summed E-state index contributed by atoms with van der Waals surface area (Å²) in [5, 5.41) is 9.57. The number of piperidine rings is 1. The summed E-state index contributed by atoms with van der Waals surface area (Å²) in [6.07, 6.45) is 1.20. The van der Waals surface area contributed by atoms with Crippen LogP contribution in [0.2, 0.25) is 0 Å². The maximum Gasteiger partial charge on any atom is 0.407 e. The summed E-state index contributed by atoms with van der Waals surface area (Å²) in [6.45, 7) is 14.1. The Morgan fingerprint density at radius 2 is 1.86 bits per heavy atom. The Hall–Kier alpha value is -2.19. The van der Waals surface area contributed by atoms with Crippen molar-refractivity contribution < 1.29 is 14.3 Å². The number of carbonyl (C=O) groups is 2. The van der Waals surface area contributed by atoms with Crippen molar-refractivity contribution in [1.82, 2.24) is 20.9 Å². The Bertz CT molecular complexity index is 536. The van der Waals surface area contributed by atoms with Gasteiger partial charge in [-0.15, -0.1) is 0 Å². The molecular weight excluding hydrogens is 360 g/mol. The lowest BCUT2D eigenvalue weighted by Crippen LogP contribution is -2.51. The van der Waals surface area contributed by atoms with Gasteiger partial charge in [-0.3, -0.25) is 4.99 Å². The first-order chi connectivity index (χ1) is 13.0. The summed E-state index contributed by atoms with van der Waals surface area (Å²) in [4.78, 5) is 29.6. The number of hydrogen-bond donors (Lipinski definition) is 4. The molecule has 28 heavy (non-hydrogen) atoms. The Kier molecular flexibility index (Phi) is 9.34. The van der Waals surface area contributed by atoms with Gasteiger partial charge in [0.2, 0.25) is 0 Å². The maximum atomic E-state index is 12.1. The maximum absolute atomic E-state index is 12.1. The summed E-state index contributed by atoms with van der Waals surface area (Å²) in [5.41, 5.74) is 4.80. The second-order valence-corrected chi connectivity index (χ2v) is 8.46. The van der Waals surface area contributed by atoms with Gasteiger partial charge in [0, 0.05) is 25.7 Å². The van der Waals surface area contributed by atoms with Crippen LogP contribution in [-0.4, -0.2) is 66.8 Å². The fraction of sp³-hybridized carbons (Fsp3) is 0.842. The number of hydrogen-bond acceptors (Lipinski definition) is 4. The number of aliphatic imine (C=N–C) groups is 1. The van der Waals surface area contributed by atoms with Crippen LogP contribution >= 0.6 is 0 Å². The minimum atomic E-state index is -0.537. The quantitative estimate of drug-likeness (QED) is 0.400. The number of carbonyl (C=O) groups excluding carboxylic acids is 2. The van der Waals surface area contributed by atoms with Crippen LogP contribution in [0.4, 0.5) is 9.59 Å². The van der Waals surface area contributed by atoms with Gasteiger partial charge in [-0.05, 0) is 46.5 Å². The first-order valence-corrected chi connectivity index (χ1v) is 10.1. The lowest BCUT2D eigenvalue weighted by atomic mass is 10.0. The molecule has 0 aromatic heterocycles. The summed E-state index contributed by atoms with van der Waals surface area (Å²) < 4.78 is 5.35. The highest BCUT2D eigenvalue weighted by atomic mass is 16.6. The molecule has 1 saturated heterocycles. The number of primary amides is 1. The second-order valence-electron chi connectivity index (χ2n) is 8.46. The van der Waals surface area contributed by atoms with Crippen LogP contribution in [0.5, 0.6) is 0 Å². The van der Waals surface area contributed by atoms with Gasteiger partial charge in [0.25, 0.3) is 0 Å². The summed E-state index contributed by atoms with van der Waals surface area (Å²) in [5.74, 6) is 0.912. The molecule has 0 aliphatic carbocycles. The van der Waals surface area contributed by atoms with Gasteiger partial charge >= 0.3 is 12.1 Å². The van der Waals surface area contributed by atoms with Gasteiger partial charge < -0.3 is 31.3 Å². The Labute approximate surface area is 168 Å². The van der Waals surface area contributed by atoms with E-state index in [0.717, 1.165) is 19.4 Å². The fourth-order valence-corrected chi connectivity index (χ4v) is 2.83. The molecule has 9 nitrogen and oxygen atoms in total. The first kappa shape index (κ1) is 23.8. The van der Waals surface area contributed by atoms with Crippen molar-refractivity contribution in [2.24, 2.45) is 16.6 Å². The van der Waals surface area contributed by atoms with Gasteiger partial charge in [-0.2, -0.15) is 0 Å². The van der Waals surface area contributed by atoms with E-state index in [0.29, 0.717) is 25.6 Å². The molecule has 0 bridgehead atoms. The van der Waals surface area contributed by atoms with Crippen molar-refractivity contribution >= 4 is 18.1 Å². The molecule has 3 amide bonds. The van der Waals surface area contributed by atoms with Crippen molar-refractivity contribution in [3.05, 3.63) is 0 Å². The van der Waals surface area contributed by atoms with E-state index in [1.54, 1.807) is 4.90 Å². The van der Waals surface area contributed by atoms with Gasteiger partial charge in [0.15, 0.2) is 5.96 Å². The van der Waals surface area contributed by atoms with Gasteiger partial charge in [-0.25, -0.2) is 9.59 Å². The van der Waals surface area contributed by atoms with Crippen LogP contribution in [0.15, 0.2) is 4.99 Å². The molecular formula is C19H38N6O3. The molecule has 1 rings (SSSR count). The molecule has 0 radical (unpaired) electrons. The summed E-state index contributed by atoms with van der Waals surface area (Å²) in [6, 6.07) is -0.279. The number of urea groups is 1. The van der Waals surface area contributed by atoms with Crippen molar-refractivity contribution in [2.75, 3.05) is 26.2 Å². The Balaban J connectivity index is 2.64. The highest BCUT2D eigenvalue weighted by Gasteiger charge is 2.23. The van der Waals surface area contributed by atoms with Crippen molar-refractivity contribution in [3.63, 3.8) is 0 Å². The van der Waals surface area contributed by atoms with Gasteiger partial charge in [0.1, 0.15) is 5.60 Å². The van der Waals surface area contributed by atoms with Crippen molar-refractivity contribution in [2.45, 2.75) is 72.1 Å². The summed E-state index contributed by atoms with van der Waals surface area (Å²) >= 11 is 0. The van der Waals surface area contributed by atoms with Gasteiger partial charge in [-0.1, -0.05) is 13.8 Å². The lowest BCUT2D eigenvalue weighted by molar-refractivity contribution is 0.0493. The molecule has 162 valence electrons. The monoisotopic (exact) mass is 398 g/mol. The molecule has 9 heteroatoms. The number of alkyl carbamates (subject to hydrolysis) is 1. The zero-order chi connectivity index (χ0) is 21.3. The lowest BCUT2D eigenvalue weighted by Gasteiger charge is -2.32. The van der Waals surface area contributed by atoms with E-state index in [1.165, 1.54) is 0 Å². The fourth-order valence-electron chi connectivity index (χ4n) is 2.83. The molecule has 1 heterocycles. The zero-order valence-corrected chi connectivity index (χ0v) is 18.2. The topological polar surface area (TPSA) is 121 Å². The molecule has 1 aliphatic rings. The van der Waals surface area contributed by atoms with E-state index in [4.69, 9.17) is 10.5 Å². The molecule has 1 fully saturated rings. The van der Waals surface area contributed by atoms with Crippen LogP contribution < -0.4 is 21.7 Å². The molecule has 1 unspecified atom stereocenters. The van der Waals surface area contributed by atoms with Crippen LogP contribution in [0, 0.1) is 5.92 Å². The number of guanidine groups is 1. The molecule has 5 N–H and O–H groups in total. The van der Waals surface area contributed by atoms with Crippen LogP contribution in [0.25, 0.3) is 0 Å². The van der Waals surface area contributed by atoms with Crippen LogP contribution in [-0.2, 0) is 4.74 Å². The first-order valence-electron chi connectivity index (χ1n) is 10.1. The zero-order valence-electron chi connectivity index (χ0n) is 18.2. The average Bonchev–Trinajstić information content (AvgIpc) is 2.57. The number of nitrogens with one attached hydrogen (secondary N) is 3. The predicted octanol–water partition coefficient (Wildman–Crippen LogP) is 1.63. The molecule has 0 aromatic carbocycles. The third kappa shape index (κ3) is 9.14. The standard InChI is InChI=1S/C19H38N6O3/c1-7-21-17(23-14-8-10-25(11-9-14)16(20)26)22-12-15(13(2)3)24-18(27)28-19(4,5)6/h13-15H,7-12H2,1-6H3,(H2,20,26)(H,24,27)(H2,21,22,23). The van der Waals surface area contributed by atoms with Crippen molar-refractivity contribution in [3.8, 4) is 0 Å². The van der Waals surface area contributed by atoms with E-state index in [2.05, 4.69) is 20.9 Å². The number of amides is 3. The molecule has 0 aromatic rings. The average molecular weight is 399 g/mol. The molecule has 1 aliphatic heterocycles. The third-order valence-corrected chi connectivity index (χ3v) is 4.44. The third-order valence-electron chi connectivity index (χ3n) is 4.44. The smallest absolute Gasteiger partial charge is 0.407 e. The SMILES string of the molecule is CCNC(=NCC(NC(=O)OC(C)(C)C)C(C)C)NC1CCN(C(N)=O)CC1. The van der Waals surface area contributed by atoms with E-state index >= 15 is 0 Å². The van der Waals surface area contributed by atoms with E-state index < -0.39 is 11.7 Å². The van der Waals surface area contributed by atoms with E-state index in [9.17, 15) is 9.59 Å². The number of rotatable bonds is 6. The molecule has 0 spiro atoms. The van der Waals surface area contributed by atoms with Crippen LogP contribution in [0.1, 0.15) is 54.4 Å². The summed E-state index contributed by atoms with van der Waals surface area (Å²) in [7, 11) is 0. The van der Waals surface area contributed by atoms with Gasteiger partial charge in [0.05, 0.1) is 12.6 Å². The number of likely N-dealkylation sites (tertiary alicyclic amines) is 1. The Morgan fingerprint density at radius 1 is 1.25 bits per heavy atom. The number of ether oxygens (including phenoxy) is 1. The normalized spacial score (nSPS) is 17.2. The minimum Gasteiger partial charge on any atom is -0.444 e. The minimum absolute atomic E-state index is 0.137. The largest absolute Gasteiger partial charge is 0.444 e. The Morgan fingerprint density at radius 3 is 2.32 bits per heavy atom. The van der Waals surface area contributed by atoms with E-state index in [1.807, 2.05) is 41.5 Å². The highest BCUT2D eigenvalue weighted by molar-refractivity contribution is 5.80. The molecule has 0 saturated carbocycles. The number of nitrogens with zero attached hydrogens (tertiary/aromatic N) is 2.